The molecule has 0 spiro atoms. The molecule has 0 aliphatic carbocycles. The van der Waals surface area contributed by atoms with E-state index < -0.39 is 20.8 Å². The molecule has 0 fully saturated rings. The molecule has 0 radical (unpaired) electrons. The van der Waals surface area contributed by atoms with Crippen molar-refractivity contribution in [1.29, 1.82) is 0 Å². The fraction of sp³-hybridized carbons (Fsp3) is 0.391. The number of nitrogens with one attached hydrogen (secondary N) is 1. The van der Waals surface area contributed by atoms with Crippen molar-refractivity contribution in [3.05, 3.63) is 65.5 Å². The van der Waals surface area contributed by atoms with E-state index in [4.69, 9.17) is 4.42 Å². The molecule has 8 nitrogen and oxygen atoms in total. The fourth-order valence-electron chi connectivity index (χ4n) is 3.13. The zero-order valence-electron chi connectivity index (χ0n) is 19.7. The van der Waals surface area contributed by atoms with Crippen molar-refractivity contribution in [3.8, 4) is 0 Å². The quantitative estimate of drug-likeness (QED) is 0.515. The van der Waals surface area contributed by atoms with Gasteiger partial charge in [-0.05, 0) is 36.2 Å². The summed E-state index contributed by atoms with van der Waals surface area (Å²) in [7, 11) is -2.92. The molecule has 0 bridgehead atoms. The molecule has 1 aromatic carbocycles. The monoisotopic (exact) mass is 490 g/mol. The third-order valence-electron chi connectivity index (χ3n) is 5.14. The number of anilines is 1. The Hall–Kier alpha value is -2.56. The molecule has 1 N–H and O–H groups in total. The van der Waals surface area contributed by atoms with Crippen LogP contribution in [-0.2, 0) is 39.3 Å². The Kier molecular flexibility index (Phi) is 7.40. The summed E-state index contributed by atoms with van der Waals surface area (Å²) >= 11 is 0. The number of sulfonamides is 1. The number of aromatic nitrogens is 2. The molecule has 0 amide bonds. The van der Waals surface area contributed by atoms with Gasteiger partial charge in [0.05, 0.1) is 12.2 Å². The third-order valence-corrected chi connectivity index (χ3v) is 7.60. The van der Waals surface area contributed by atoms with Crippen molar-refractivity contribution in [3.63, 3.8) is 0 Å². The zero-order chi connectivity index (χ0) is 24.4. The van der Waals surface area contributed by atoms with Crippen molar-refractivity contribution >= 4 is 26.6 Å². The maximum absolute atomic E-state index is 12.8. The van der Waals surface area contributed by atoms with Crippen LogP contribution in [0.3, 0.4) is 0 Å². The predicted molar refractivity (Wildman–Crippen MR) is 129 cm³/mol. The number of hydrogen-bond donors (Lipinski definition) is 1. The minimum atomic E-state index is -3.79. The lowest BCUT2D eigenvalue weighted by Crippen LogP contribution is -2.25. The van der Waals surface area contributed by atoms with E-state index in [-0.39, 0.29) is 16.9 Å². The van der Waals surface area contributed by atoms with Crippen LogP contribution >= 0.6 is 0 Å². The lowest BCUT2D eigenvalue weighted by molar-refractivity contribution is 0.482. The molecular formula is C23H30N4O4S2. The summed E-state index contributed by atoms with van der Waals surface area (Å²) in [5, 5.41) is 0. The van der Waals surface area contributed by atoms with Crippen molar-refractivity contribution in [2.24, 2.45) is 0 Å². The summed E-state index contributed by atoms with van der Waals surface area (Å²) in [5.41, 5.74) is 2.20. The molecule has 178 valence electrons. The number of benzene rings is 1. The van der Waals surface area contributed by atoms with Crippen molar-refractivity contribution in [1.82, 2.24) is 14.7 Å². The van der Waals surface area contributed by atoms with Crippen LogP contribution in [0.2, 0.25) is 0 Å². The molecule has 1 unspecified atom stereocenters. The van der Waals surface area contributed by atoms with Gasteiger partial charge in [0, 0.05) is 47.2 Å². The molecule has 0 aliphatic heterocycles. The summed E-state index contributed by atoms with van der Waals surface area (Å²) in [4.78, 5) is 11.5. The van der Waals surface area contributed by atoms with Gasteiger partial charge >= 0.3 is 0 Å². The topological polar surface area (TPSA) is 105 Å². The molecule has 10 heteroatoms. The van der Waals surface area contributed by atoms with Gasteiger partial charge in [0.15, 0.2) is 0 Å². The Bertz CT molecular complexity index is 1250. The van der Waals surface area contributed by atoms with E-state index >= 15 is 0 Å². The van der Waals surface area contributed by atoms with Gasteiger partial charge in [-0.1, -0.05) is 32.9 Å². The van der Waals surface area contributed by atoms with Crippen LogP contribution < -0.4 is 9.62 Å². The second-order valence-corrected chi connectivity index (χ2v) is 12.1. The Morgan fingerprint density at radius 2 is 1.85 bits per heavy atom. The number of pyridine rings is 1. The van der Waals surface area contributed by atoms with Crippen LogP contribution in [0.5, 0.6) is 0 Å². The SMILES string of the molecule is Cc1cc(N(C)Cc2ccc(S(C)=O)cc2)ncc1S(=O)(=O)NCc1nc(C(C)(C)C)co1. The largest absolute Gasteiger partial charge is 0.447 e. The van der Waals surface area contributed by atoms with Crippen molar-refractivity contribution < 1.29 is 17.0 Å². The van der Waals surface area contributed by atoms with E-state index in [2.05, 4.69) is 14.7 Å². The minimum Gasteiger partial charge on any atom is -0.447 e. The first-order valence-corrected chi connectivity index (χ1v) is 13.5. The maximum Gasteiger partial charge on any atom is 0.242 e. The van der Waals surface area contributed by atoms with E-state index in [1.807, 2.05) is 57.0 Å². The van der Waals surface area contributed by atoms with Crippen molar-refractivity contribution in [2.75, 3.05) is 18.2 Å². The highest BCUT2D eigenvalue weighted by molar-refractivity contribution is 7.89. The second kappa shape index (κ2) is 9.74. The highest BCUT2D eigenvalue weighted by Gasteiger charge is 2.22. The molecule has 0 saturated carbocycles. The fourth-order valence-corrected chi connectivity index (χ4v) is 4.79. The minimum absolute atomic E-state index is 0.0436. The van der Waals surface area contributed by atoms with Crippen LogP contribution in [0, 0.1) is 6.92 Å². The van der Waals surface area contributed by atoms with Gasteiger partial charge in [-0.15, -0.1) is 0 Å². The lowest BCUT2D eigenvalue weighted by Gasteiger charge is -2.19. The predicted octanol–water partition coefficient (Wildman–Crippen LogP) is 3.53. The van der Waals surface area contributed by atoms with Gasteiger partial charge < -0.3 is 9.32 Å². The average Bonchev–Trinajstić information content (AvgIpc) is 3.22. The number of hydrogen-bond acceptors (Lipinski definition) is 7. The molecule has 33 heavy (non-hydrogen) atoms. The summed E-state index contributed by atoms with van der Waals surface area (Å²) in [6.45, 7) is 8.30. The summed E-state index contributed by atoms with van der Waals surface area (Å²) in [5.74, 6) is 0.959. The van der Waals surface area contributed by atoms with Crippen LogP contribution in [-0.4, -0.2) is 35.9 Å². The second-order valence-electron chi connectivity index (χ2n) is 8.96. The van der Waals surface area contributed by atoms with E-state index in [9.17, 15) is 12.6 Å². The Labute approximate surface area is 198 Å². The number of aryl methyl sites for hydroxylation is 1. The van der Waals surface area contributed by atoms with E-state index in [1.165, 1.54) is 6.20 Å². The summed E-state index contributed by atoms with van der Waals surface area (Å²) in [6, 6.07) is 9.29. The Balaban J connectivity index is 1.69. The smallest absolute Gasteiger partial charge is 0.242 e. The number of nitrogens with zero attached hydrogens (tertiary/aromatic N) is 3. The third kappa shape index (κ3) is 6.27. The average molecular weight is 491 g/mol. The number of oxazole rings is 1. The van der Waals surface area contributed by atoms with Crippen LogP contribution in [0.15, 0.2) is 57.0 Å². The standard InChI is InChI=1S/C23H30N4O4S2/c1-16-11-21(27(5)14-17-7-9-18(10-8-17)32(6)28)24-12-19(16)33(29,30)25-13-22-26-20(15-31-22)23(2,3)4/h7-12,15,25H,13-14H2,1-6H3. The van der Waals surface area contributed by atoms with E-state index in [0.717, 1.165) is 16.2 Å². The van der Waals surface area contributed by atoms with E-state index in [0.29, 0.717) is 23.8 Å². The van der Waals surface area contributed by atoms with Crippen LogP contribution in [0.25, 0.3) is 0 Å². The highest BCUT2D eigenvalue weighted by atomic mass is 32.2. The van der Waals surface area contributed by atoms with Crippen LogP contribution in [0.1, 0.15) is 43.5 Å². The normalized spacial score (nSPS) is 13.2. The first kappa shape index (κ1) is 25.1. The molecule has 0 aliphatic rings. The molecule has 2 aromatic heterocycles. The first-order valence-electron chi connectivity index (χ1n) is 10.4. The number of rotatable bonds is 8. The lowest BCUT2D eigenvalue weighted by atomic mass is 9.93. The molecular weight excluding hydrogens is 460 g/mol. The van der Waals surface area contributed by atoms with Gasteiger partial charge in [0.1, 0.15) is 17.0 Å². The molecule has 3 rings (SSSR count). The van der Waals surface area contributed by atoms with Crippen molar-refractivity contribution in [2.45, 2.75) is 56.0 Å². The Morgan fingerprint density at radius 3 is 2.39 bits per heavy atom. The molecule has 3 aromatic rings. The van der Waals surface area contributed by atoms with Gasteiger partial charge in [-0.25, -0.2) is 23.1 Å². The van der Waals surface area contributed by atoms with E-state index in [1.54, 1.807) is 25.5 Å². The summed E-state index contributed by atoms with van der Waals surface area (Å²) in [6.07, 6.45) is 4.56. The first-order chi connectivity index (χ1) is 15.4. The van der Waals surface area contributed by atoms with Crippen LogP contribution in [0.4, 0.5) is 5.82 Å². The van der Waals surface area contributed by atoms with Gasteiger partial charge in [0.25, 0.3) is 0 Å². The molecule has 1 atom stereocenters. The maximum atomic E-state index is 12.8. The molecule has 2 heterocycles. The highest BCUT2D eigenvalue weighted by Crippen LogP contribution is 2.23. The van der Waals surface area contributed by atoms with Gasteiger partial charge in [-0.2, -0.15) is 0 Å². The molecule has 0 saturated heterocycles. The Morgan fingerprint density at radius 1 is 1.18 bits per heavy atom. The summed E-state index contributed by atoms with van der Waals surface area (Å²) < 4.78 is 45.1. The van der Waals surface area contributed by atoms with Gasteiger partial charge in [-0.3, -0.25) is 4.21 Å². The zero-order valence-corrected chi connectivity index (χ0v) is 21.4. The van der Waals surface area contributed by atoms with Gasteiger partial charge in [0.2, 0.25) is 15.9 Å².